The van der Waals surface area contributed by atoms with Gasteiger partial charge in [0.05, 0.1) is 12.2 Å². The maximum Gasteiger partial charge on any atom is 0.490 e. The number of anilines is 3. The Labute approximate surface area is 249 Å². The summed E-state index contributed by atoms with van der Waals surface area (Å²) in [5.74, 6) is -4.48. The Balaban J connectivity index is 0.000000676. The summed E-state index contributed by atoms with van der Waals surface area (Å²) in [6, 6.07) is 9.52. The van der Waals surface area contributed by atoms with Gasteiger partial charge in [-0.05, 0) is 52.2 Å². The standard InChI is InChI=1S/C26H29F2N7O2.C2HF3O2/c1-15(2)31-24(36)17-10-8-16(9-11-17)21-18-14-30-26(37)35(22-19(27)6-5-7-20(22)28)23(18)33-25(32-21)29-12-13-34(3)4;3-2(4,5)1(6)7/h5-11,15H,12-14H2,1-4H3,(H,30,37)(H,31,36)(H,29,32,33);(H,6,7). The lowest BCUT2D eigenvalue weighted by molar-refractivity contribution is -0.192. The van der Waals surface area contributed by atoms with Gasteiger partial charge in [-0.2, -0.15) is 18.2 Å². The summed E-state index contributed by atoms with van der Waals surface area (Å²) < 4.78 is 61.3. The van der Waals surface area contributed by atoms with Crippen LogP contribution in [-0.2, 0) is 11.3 Å². The maximum atomic E-state index is 14.8. The minimum atomic E-state index is -5.08. The molecule has 1 aliphatic rings. The number of amides is 3. The average molecular weight is 624 g/mol. The zero-order valence-corrected chi connectivity index (χ0v) is 24.1. The number of halogens is 5. The number of hydrogen-bond donors (Lipinski definition) is 4. The van der Waals surface area contributed by atoms with Crippen LogP contribution in [0.5, 0.6) is 0 Å². The monoisotopic (exact) mass is 623 g/mol. The van der Waals surface area contributed by atoms with E-state index in [-0.39, 0.29) is 30.3 Å². The molecule has 0 aliphatic carbocycles. The summed E-state index contributed by atoms with van der Waals surface area (Å²) >= 11 is 0. The number of alkyl halides is 3. The number of nitrogens with one attached hydrogen (secondary N) is 3. The van der Waals surface area contributed by atoms with E-state index in [4.69, 9.17) is 9.90 Å². The Morgan fingerprint density at radius 1 is 1.07 bits per heavy atom. The molecule has 1 aromatic heterocycles. The van der Waals surface area contributed by atoms with Crippen LogP contribution in [0.1, 0.15) is 29.8 Å². The number of rotatable bonds is 8. The molecule has 236 valence electrons. The highest BCUT2D eigenvalue weighted by atomic mass is 19.4. The lowest BCUT2D eigenvalue weighted by Gasteiger charge is -2.30. The summed E-state index contributed by atoms with van der Waals surface area (Å²) in [5.41, 5.74) is 1.56. The van der Waals surface area contributed by atoms with Gasteiger partial charge in [-0.1, -0.05) is 18.2 Å². The lowest BCUT2D eigenvalue weighted by atomic mass is 10.0. The molecule has 0 unspecified atom stereocenters. The van der Waals surface area contributed by atoms with E-state index in [1.54, 1.807) is 24.3 Å². The molecule has 3 aromatic rings. The minimum Gasteiger partial charge on any atom is -0.475 e. The van der Waals surface area contributed by atoms with E-state index in [0.717, 1.165) is 17.0 Å². The fourth-order valence-corrected chi connectivity index (χ4v) is 3.90. The quantitative estimate of drug-likeness (QED) is 0.269. The van der Waals surface area contributed by atoms with Crippen molar-refractivity contribution in [2.45, 2.75) is 32.6 Å². The van der Waals surface area contributed by atoms with Crippen molar-refractivity contribution in [1.82, 2.24) is 25.5 Å². The molecule has 2 heterocycles. The molecule has 0 bridgehead atoms. The largest absolute Gasteiger partial charge is 0.490 e. The van der Waals surface area contributed by atoms with E-state index in [2.05, 4.69) is 25.9 Å². The number of carbonyl (C=O) groups is 3. The molecular formula is C28H30F5N7O4. The molecule has 0 spiro atoms. The molecule has 0 saturated carbocycles. The van der Waals surface area contributed by atoms with Crippen LogP contribution in [0.25, 0.3) is 11.3 Å². The van der Waals surface area contributed by atoms with Crippen molar-refractivity contribution in [2.75, 3.05) is 37.4 Å². The minimum absolute atomic E-state index is 0.00905. The van der Waals surface area contributed by atoms with Crippen molar-refractivity contribution >= 4 is 35.4 Å². The predicted molar refractivity (Wildman–Crippen MR) is 152 cm³/mol. The van der Waals surface area contributed by atoms with Gasteiger partial charge >= 0.3 is 18.2 Å². The van der Waals surface area contributed by atoms with Crippen molar-refractivity contribution in [3.05, 3.63) is 65.2 Å². The maximum absolute atomic E-state index is 14.8. The molecule has 0 radical (unpaired) electrons. The van der Waals surface area contributed by atoms with Crippen LogP contribution in [0.4, 0.5) is 44.2 Å². The first kappa shape index (κ1) is 33.6. The molecule has 2 aromatic carbocycles. The van der Waals surface area contributed by atoms with Gasteiger partial charge in [0.25, 0.3) is 5.91 Å². The highest BCUT2D eigenvalue weighted by Gasteiger charge is 2.38. The fourth-order valence-electron chi connectivity index (χ4n) is 3.90. The number of benzene rings is 2. The van der Waals surface area contributed by atoms with E-state index in [1.807, 2.05) is 32.8 Å². The number of fused-ring (bicyclic) bond motifs is 1. The number of urea groups is 1. The number of nitrogens with zero attached hydrogens (tertiary/aromatic N) is 4. The molecule has 0 fully saturated rings. The smallest absolute Gasteiger partial charge is 0.475 e. The Morgan fingerprint density at radius 2 is 1.66 bits per heavy atom. The van der Waals surface area contributed by atoms with Gasteiger partial charge in [0.15, 0.2) is 5.82 Å². The zero-order valence-electron chi connectivity index (χ0n) is 24.1. The number of aliphatic carboxylic acids is 1. The number of carboxylic acids is 1. The topological polar surface area (TPSA) is 140 Å². The van der Waals surface area contributed by atoms with Gasteiger partial charge in [0, 0.05) is 35.8 Å². The summed E-state index contributed by atoms with van der Waals surface area (Å²) in [6.07, 6.45) is -5.08. The number of carboxylic acid groups (broad SMARTS) is 1. The Bertz CT molecular complexity index is 1500. The van der Waals surface area contributed by atoms with Crippen LogP contribution < -0.4 is 20.9 Å². The third kappa shape index (κ3) is 8.37. The third-order valence-corrected chi connectivity index (χ3v) is 5.90. The second-order valence-electron chi connectivity index (χ2n) is 10.0. The Morgan fingerprint density at radius 3 is 2.18 bits per heavy atom. The zero-order chi connectivity index (χ0) is 32.8. The van der Waals surface area contributed by atoms with Crippen LogP contribution >= 0.6 is 0 Å². The van der Waals surface area contributed by atoms with Gasteiger partial charge in [-0.3, -0.25) is 4.79 Å². The number of likely N-dealkylation sites (N-methyl/N-ethyl adjacent to an activating group) is 1. The Hall–Kier alpha value is -4.86. The van der Waals surface area contributed by atoms with Gasteiger partial charge < -0.3 is 26.0 Å². The summed E-state index contributed by atoms with van der Waals surface area (Å²) in [6.45, 7) is 5.00. The van der Waals surface area contributed by atoms with Crippen molar-refractivity contribution in [1.29, 1.82) is 0 Å². The van der Waals surface area contributed by atoms with E-state index >= 15 is 0 Å². The van der Waals surface area contributed by atoms with Gasteiger partial charge in [-0.15, -0.1) is 0 Å². The fraction of sp³-hybridized carbons (Fsp3) is 0.321. The van der Waals surface area contributed by atoms with E-state index < -0.39 is 35.5 Å². The Kier molecular flexibility index (Phi) is 10.8. The molecule has 44 heavy (non-hydrogen) atoms. The molecule has 3 amide bonds. The summed E-state index contributed by atoms with van der Waals surface area (Å²) in [7, 11) is 3.84. The number of aromatic nitrogens is 2. The van der Waals surface area contributed by atoms with Gasteiger partial charge in [0.2, 0.25) is 5.95 Å². The molecule has 16 heteroatoms. The summed E-state index contributed by atoms with van der Waals surface area (Å²) in [4.78, 5) is 46.2. The van der Waals surface area contributed by atoms with Gasteiger partial charge in [0.1, 0.15) is 17.3 Å². The van der Waals surface area contributed by atoms with E-state index in [0.29, 0.717) is 35.5 Å². The predicted octanol–water partition coefficient (Wildman–Crippen LogP) is 4.53. The molecular weight excluding hydrogens is 593 g/mol. The van der Waals surface area contributed by atoms with Crippen LogP contribution in [0.3, 0.4) is 0 Å². The van der Waals surface area contributed by atoms with E-state index in [9.17, 15) is 31.5 Å². The molecule has 0 saturated heterocycles. The highest BCUT2D eigenvalue weighted by molar-refractivity contribution is 6.02. The lowest BCUT2D eigenvalue weighted by Crippen LogP contribution is -2.43. The first-order chi connectivity index (χ1) is 20.6. The normalized spacial score (nSPS) is 12.7. The second kappa shape index (κ2) is 14.1. The number of carbonyl (C=O) groups excluding carboxylic acids is 2. The van der Waals surface area contributed by atoms with E-state index in [1.165, 1.54) is 6.07 Å². The van der Waals surface area contributed by atoms with Crippen molar-refractivity contribution in [3.8, 4) is 11.3 Å². The van der Waals surface area contributed by atoms with Crippen LogP contribution in [0.2, 0.25) is 0 Å². The van der Waals surface area contributed by atoms with Crippen molar-refractivity contribution in [2.24, 2.45) is 0 Å². The van der Waals surface area contributed by atoms with Crippen LogP contribution in [0, 0.1) is 11.6 Å². The number of hydrogen-bond acceptors (Lipinski definition) is 7. The summed E-state index contributed by atoms with van der Waals surface area (Å²) in [5, 5.41) is 15.8. The average Bonchev–Trinajstić information content (AvgIpc) is 2.93. The number of para-hydroxylation sites is 1. The van der Waals surface area contributed by atoms with Crippen LogP contribution in [-0.4, -0.2) is 77.3 Å². The van der Waals surface area contributed by atoms with Gasteiger partial charge in [-0.25, -0.2) is 28.3 Å². The molecule has 11 nitrogen and oxygen atoms in total. The molecule has 1 aliphatic heterocycles. The van der Waals surface area contributed by atoms with Crippen molar-refractivity contribution in [3.63, 3.8) is 0 Å². The molecule has 4 rings (SSSR count). The second-order valence-corrected chi connectivity index (χ2v) is 10.0. The molecule has 4 N–H and O–H groups in total. The van der Waals surface area contributed by atoms with Crippen molar-refractivity contribution < 1.29 is 41.4 Å². The highest BCUT2D eigenvalue weighted by Crippen LogP contribution is 2.38. The molecule has 0 atom stereocenters. The third-order valence-electron chi connectivity index (χ3n) is 5.90. The first-order valence-electron chi connectivity index (χ1n) is 13.1. The van der Waals surface area contributed by atoms with Crippen LogP contribution in [0.15, 0.2) is 42.5 Å². The first-order valence-corrected chi connectivity index (χ1v) is 13.1. The SMILES string of the molecule is CC(C)NC(=O)c1ccc(-c2nc(NCCN(C)C)nc3c2CNC(=O)N3c2c(F)cccc2F)cc1.O=C(O)C(F)(F)F.